The molecular formula is C14H20O. The first-order valence-corrected chi connectivity index (χ1v) is 5.77. The summed E-state index contributed by atoms with van der Waals surface area (Å²) < 4.78 is 0. The smallest absolute Gasteiger partial charge is 0.0687 e. The molecule has 0 heterocycles. The van der Waals surface area contributed by atoms with Gasteiger partial charge in [-0.2, -0.15) is 0 Å². The van der Waals surface area contributed by atoms with Crippen molar-refractivity contribution >= 4 is 0 Å². The molecule has 15 heavy (non-hydrogen) atoms. The Hall–Kier alpha value is -0.820. The average Bonchev–Trinajstić information content (AvgIpc) is 2.80. The Morgan fingerprint density at radius 3 is 2.20 bits per heavy atom. The van der Waals surface area contributed by atoms with Crippen LogP contribution < -0.4 is 0 Å². The molecule has 1 atom stereocenters. The van der Waals surface area contributed by atoms with Crippen LogP contribution >= 0.6 is 0 Å². The molecule has 0 aliphatic heterocycles. The second kappa shape index (κ2) is 3.64. The molecule has 0 amide bonds. The maximum Gasteiger partial charge on any atom is 0.0687 e. The standard InChI is InChI=1S/C14H20O/c1-10-6-11(2)8-12(7-10)9-14(3,15)13-4-5-13/h6-8,13,15H,4-5,9H2,1-3H3. The molecule has 1 nitrogen and oxygen atoms in total. The highest BCUT2D eigenvalue weighted by Gasteiger charge is 2.39. The van der Waals surface area contributed by atoms with Crippen LogP contribution in [-0.4, -0.2) is 10.7 Å². The van der Waals surface area contributed by atoms with E-state index in [4.69, 9.17) is 0 Å². The Morgan fingerprint density at radius 2 is 1.73 bits per heavy atom. The van der Waals surface area contributed by atoms with Gasteiger partial charge in [0.05, 0.1) is 5.60 Å². The summed E-state index contributed by atoms with van der Waals surface area (Å²) >= 11 is 0. The van der Waals surface area contributed by atoms with Gasteiger partial charge >= 0.3 is 0 Å². The van der Waals surface area contributed by atoms with Crippen molar-refractivity contribution in [2.75, 3.05) is 0 Å². The van der Waals surface area contributed by atoms with Crippen molar-refractivity contribution < 1.29 is 5.11 Å². The SMILES string of the molecule is Cc1cc(C)cc(CC(C)(O)C2CC2)c1. The van der Waals surface area contributed by atoms with E-state index in [1.807, 2.05) is 6.92 Å². The topological polar surface area (TPSA) is 20.2 Å². The second-order valence-corrected chi connectivity index (χ2v) is 5.30. The molecule has 1 aliphatic rings. The van der Waals surface area contributed by atoms with Crippen LogP contribution in [0, 0.1) is 19.8 Å². The van der Waals surface area contributed by atoms with Crippen molar-refractivity contribution in [3.63, 3.8) is 0 Å². The fourth-order valence-electron chi connectivity index (χ4n) is 2.43. The Labute approximate surface area is 92.1 Å². The van der Waals surface area contributed by atoms with Crippen LogP contribution in [0.1, 0.15) is 36.5 Å². The first-order chi connectivity index (χ1) is 6.97. The lowest BCUT2D eigenvalue weighted by Gasteiger charge is -2.23. The van der Waals surface area contributed by atoms with E-state index in [-0.39, 0.29) is 0 Å². The summed E-state index contributed by atoms with van der Waals surface area (Å²) in [6.07, 6.45) is 3.18. The normalized spacial score (nSPS) is 20.0. The van der Waals surface area contributed by atoms with E-state index in [1.54, 1.807) is 0 Å². The molecular weight excluding hydrogens is 184 g/mol. The molecule has 0 radical (unpaired) electrons. The lowest BCUT2D eigenvalue weighted by molar-refractivity contribution is 0.0372. The molecule has 0 bridgehead atoms. The Bertz CT molecular complexity index is 341. The minimum atomic E-state index is -0.500. The van der Waals surface area contributed by atoms with E-state index >= 15 is 0 Å². The van der Waals surface area contributed by atoms with Gasteiger partial charge < -0.3 is 5.11 Å². The molecule has 0 saturated heterocycles. The van der Waals surface area contributed by atoms with E-state index in [0.29, 0.717) is 5.92 Å². The number of benzene rings is 1. The maximum atomic E-state index is 10.3. The fourth-order valence-corrected chi connectivity index (χ4v) is 2.43. The molecule has 0 spiro atoms. The molecule has 1 saturated carbocycles. The number of aryl methyl sites for hydroxylation is 2. The molecule has 1 heteroatoms. The fraction of sp³-hybridized carbons (Fsp3) is 0.571. The van der Waals surface area contributed by atoms with Crippen molar-refractivity contribution in [1.82, 2.24) is 0 Å². The van der Waals surface area contributed by atoms with Gasteiger partial charge in [-0.25, -0.2) is 0 Å². The van der Waals surface area contributed by atoms with Gasteiger partial charge in [0.25, 0.3) is 0 Å². The molecule has 1 fully saturated rings. The Balaban J connectivity index is 2.16. The van der Waals surface area contributed by atoms with Gasteiger partial charge in [-0.15, -0.1) is 0 Å². The summed E-state index contributed by atoms with van der Waals surface area (Å²) in [6, 6.07) is 6.54. The quantitative estimate of drug-likeness (QED) is 0.802. The maximum absolute atomic E-state index is 10.3. The molecule has 1 aromatic rings. The van der Waals surface area contributed by atoms with Crippen molar-refractivity contribution in [1.29, 1.82) is 0 Å². The van der Waals surface area contributed by atoms with Crippen LogP contribution in [0.5, 0.6) is 0 Å². The van der Waals surface area contributed by atoms with Crippen LogP contribution in [0.2, 0.25) is 0 Å². The van der Waals surface area contributed by atoms with Crippen LogP contribution in [0.15, 0.2) is 18.2 Å². The zero-order chi connectivity index (χ0) is 11.1. The molecule has 1 N–H and O–H groups in total. The van der Waals surface area contributed by atoms with Crippen molar-refractivity contribution in [2.45, 2.75) is 45.6 Å². The lowest BCUT2D eigenvalue weighted by Crippen LogP contribution is -2.29. The third-order valence-corrected chi connectivity index (χ3v) is 3.30. The van der Waals surface area contributed by atoms with Gasteiger partial charge in [0.15, 0.2) is 0 Å². The molecule has 1 unspecified atom stereocenters. The van der Waals surface area contributed by atoms with Gasteiger partial charge in [0, 0.05) is 6.42 Å². The summed E-state index contributed by atoms with van der Waals surface area (Å²) in [5, 5.41) is 10.3. The van der Waals surface area contributed by atoms with Crippen molar-refractivity contribution in [3.8, 4) is 0 Å². The number of rotatable bonds is 3. The molecule has 1 aliphatic carbocycles. The summed E-state index contributed by atoms with van der Waals surface area (Å²) in [5.74, 6) is 0.526. The third-order valence-electron chi connectivity index (χ3n) is 3.30. The predicted molar refractivity (Wildman–Crippen MR) is 63.0 cm³/mol. The molecule has 82 valence electrons. The monoisotopic (exact) mass is 204 g/mol. The van der Waals surface area contributed by atoms with Gasteiger partial charge in [-0.1, -0.05) is 29.3 Å². The van der Waals surface area contributed by atoms with Gasteiger partial charge in [0.1, 0.15) is 0 Å². The largest absolute Gasteiger partial charge is 0.390 e. The summed E-state index contributed by atoms with van der Waals surface area (Å²) in [7, 11) is 0. The van der Waals surface area contributed by atoms with Gasteiger partial charge in [-0.05, 0) is 45.1 Å². The highest BCUT2D eigenvalue weighted by atomic mass is 16.3. The van der Waals surface area contributed by atoms with E-state index in [0.717, 1.165) is 6.42 Å². The summed E-state index contributed by atoms with van der Waals surface area (Å²) in [5.41, 5.74) is 3.35. The molecule has 0 aromatic heterocycles. The van der Waals surface area contributed by atoms with Crippen LogP contribution in [0.25, 0.3) is 0 Å². The predicted octanol–water partition coefficient (Wildman–Crippen LogP) is 3.01. The zero-order valence-corrected chi connectivity index (χ0v) is 9.88. The van der Waals surface area contributed by atoms with E-state index in [1.165, 1.54) is 29.5 Å². The zero-order valence-electron chi connectivity index (χ0n) is 9.88. The van der Waals surface area contributed by atoms with Gasteiger partial charge in [0.2, 0.25) is 0 Å². The number of aliphatic hydroxyl groups is 1. The average molecular weight is 204 g/mol. The highest BCUT2D eigenvalue weighted by molar-refractivity contribution is 5.29. The summed E-state index contributed by atoms with van der Waals surface area (Å²) in [6.45, 7) is 6.20. The minimum Gasteiger partial charge on any atom is -0.390 e. The van der Waals surface area contributed by atoms with E-state index < -0.39 is 5.60 Å². The lowest BCUT2D eigenvalue weighted by atomic mass is 9.90. The number of hydrogen-bond acceptors (Lipinski definition) is 1. The second-order valence-electron chi connectivity index (χ2n) is 5.30. The van der Waals surface area contributed by atoms with E-state index in [2.05, 4.69) is 32.0 Å². The first kappa shape index (κ1) is 10.7. The Morgan fingerprint density at radius 1 is 1.20 bits per heavy atom. The summed E-state index contributed by atoms with van der Waals surface area (Å²) in [4.78, 5) is 0. The highest BCUT2D eigenvalue weighted by Crippen LogP contribution is 2.41. The molecule has 1 aromatic carbocycles. The van der Waals surface area contributed by atoms with Gasteiger partial charge in [-0.3, -0.25) is 0 Å². The van der Waals surface area contributed by atoms with E-state index in [9.17, 15) is 5.11 Å². The van der Waals surface area contributed by atoms with Crippen molar-refractivity contribution in [3.05, 3.63) is 34.9 Å². The van der Waals surface area contributed by atoms with Crippen LogP contribution in [0.4, 0.5) is 0 Å². The first-order valence-electron chi connectivity index (χ1n) is 5.77. The van der Waals surface area contributed by atoms with Crippen LogP contribution in [-0.2, 0) is 6.42 Å². The molecule has 2 rings (SSSR count). The third kappa shape index (κ3) is 2.60. The van der Waals surface area contributed by atoms with Crippen molar-refractivity contribution in [2.24, 2.45) is 5.92 Å². The number of hydrogen-bond donors (Lipinski definition) is 1. The Kier molecular flexibility index (Phi) is 2.59. The minimum absolute atomic E-state index is 0.500. The van der Waals surface area contributed by atoms with Crippen LogP contribution in [0.3, 0.4) is 0 Å².